The summed E-state index contributed by atoms with van der Waals surface area (Å²) in [5.74, 6) is 0.864. The zero-order chi connectivity index (χ0) is 13.9. The Balaban J connectivity index is 1.77. The Hall–Kier alpha value is -2.68. The fraction of sp³-hybridized carbons (Fsp3) is 0.273. The molecule has 0 spiro atoms. The average molecular weight is 275 g/mol. The molecule has 0 atom stereocenters. The Morgan fingerprint density at radius 2 is 2.35 bits per heavy atom. The zero-order valence-corrected chi connectivity index (χ0v) is 10.5. The Labute approximate surface area is 114 Å². The van der Waals surface area contributed by atoms with Gasteiger partial charge in [-0.25, -0.2) is 9.78 Å². The van der Waals surface area contributed by atoms with Crippen molar-refractivity contribution in [3.63, 3.8) is 0 Å². The summed E-state index contributed by atoms with van der Waals surface area (Å²) in [6, 6.07) is -0.280. The number of nitrogens with one attached hydrogen (secondary N) is 3. The van der Waals surface area contributed by atoms with Crippen LogP contribution in [-0.4, -0.2) is 37.5 Å². The van der Waals surface area contributed by atoms with Crippen LogP contribution in [0.4, 0.5) is 22.2 Å². The van der Waals surface area contributed by atoms with Crippen molar-refractivity contribution in [1.82, 2.24) is 25.1 Å². The van der Waals surface area contributed by atoms with Crippen molar-refractivity contribution in [2.45, 2.75) is 13.1 Å². The molecule has 0 aromatic carbocycles. The number of amides is 2. The maximum absolute atomic E-state index is 11.2. The topological polar surface area (TPSA) is 117 Å². The molecule has 104 valence electrons. The summed E-state index contributed by atoms with van der Waals surface area (Å²) in [4.78, 5) is 19.6. The van der Waals surface area contributed by atoms with Gasteiger partial charge in [0.1, 0.15) is 5.82 Å². The largest absolute Gasteiger partial charge is 0.394 e. The number of carbonyl (C=O) groups excluding carboxylic acids is 1. The molecule has 9 heteroatoms. The van der Waals surface area contributed by atoms with Crippen molar-refractivity contribution in [1.29, 1.82) is 0 Å². The van der Waals surface area contributed by atoms with Crippen molar-refractivity contribution in [2.75, 3.05) is 17.2 Å². The monoisotopic (exact) mass is 275 g/mol. The van der Waals surface area contributed by atoms with Crippen LogP contribution in [0.2, 0.25) is 0 Å². The van der Waals surface area contributed by atoms with Gasteiger partial charge in [-0.2, -0.15) is 10.1 Å². The average Bonchev–Trinajstić information content (AvgIpc) is 2.86. The molecule has 1 aliphatic heterocycles. The third-order valence-corrected chi connectivity index (χ3v) is 2.75. The lowest BCUT2D eigenvalue weighted by molar-refractivity contribution is 0.250. The molecule has 0 saturated carbocycles. The van der Waals surface area contributed by atoms with E-state index in [1.165, 1.54) is 0 Å². The van der Waals surface area contributed by atoms with Crippen molar-refractivity contribution in [2.24, 2.45) is 0 Å². The second-order valence-corrected chi connectivity index (χ2v) is 4.22. The lowest BCUT2D eigenvalue weighted by atomic mass is 10.3. The van der Waals surface area contributed by atoms with E-state index in [1.807, 2.05) is 0 Å². The van der Waals surface area contributed by atoms with E-state index < -0.39 is 0 Å². The highest BCUT2D eigenvalue weighted by Crippen LogP contribution is 2.19. The minimum Gasteiger partial charge on any atom is -0.394 e. The van der Waals surface area contributed by atoms with Crippen LogP contribution in [-0.2, 0) is 13.1 Å². The van der Waals surface area contributed by atoms with E-state index in [4.69, 9.17) is 5.11 Å². The molecule has 20 heavy (non-hydrogen) atoms. The van der Waals surface area contributed by atoms with Gasteiger partial charge < -0.3 is 15.7 Å². The van der Waals surface area contributed by atoms with Gasteiger partial charge in [-0.15, -0.1) is 0 Å². The first-order valence-electron chi connectivity index (χ1n) is 6.06. The maximum atomic E-state index is 11.2. The summed E-state index contributed by atoms with van der Waals surface area (Å²) in [5, 5.41) is 21.1. The molecule has 3 heterocycles. The highest BCUT2D eigenvalue weighted by atomic mass is 16.3. The Morgan fingerprint density at radius 1 is 1.45 bits per heavy atom. The van der Waals surface area contributed by atoms with Crippen LogP contribution in [0.1, 0.15) is 5.56 Å². The van der Waals surface area contributed by atoms with Gasteiger partial charge >= 0.3 is 6.03 Å². The second-order valence-electron chi connectivity index (χ2n) is 4.22. The zero-order valence-electron chi connectivity index (χ0n) is 10.5. The van der Waals surface area contributed by atoms with Gasteiger partial charge in [0.15, 0.2) is 0 Å². The van der Waals surface area contributed by atoms with Crippen molar-refractivity contribution >= 4 is 23.5 Å². The molecule has 2 aromatic rings. The predicted octanol–water partition coefficient (Wildman–Crippen LogP) is 0.0441. The van der Waals surface area contributed by atoms with Crippen LogP contribution in [0, 0.1) is 0 Å². The van der Waals surface area contributed by atoms with Crippen molar-refractivity contribution in [3.8, 4) is 0 Å². The number of anilines is 3. The number of hydrogen-bond donors (Lipinski definition) is 4. The molecule has 4 N–H and O–H groups in total. The molecule has 0 fully saturated rings. The van der Waals surface area contributed by atoms with Gasteiger partial charge in [-0.3, -0.25) is 10.00 Å². The molecule has 1 aliphatic rings. The highest BCUT2D eigenvalue weighted by Gasteiger charge is 2.16. The fourth-order valence-electron chi connectivity index (χ4n) is 1.81. The third kappa shape index (κ3) is 2.52. The standard InChI is InChI=1S/C11H13N7O2/c19-2-1-18-6-8(5-14-18)15-10-12-3-7-4-13-11(20)17-9(7)16-10/h3,5-6,19H,1-2,4H2,(H3,12,13,15,16,17,20). The second kappa shape index (κ2) is 5.13. The molecule has 2 amide bonds. The lowest BCUT2D eigenvalue weighted by Crippen LogP contribution is -2.34. The molecule has 0 saturated heterocycles. The van der Waals surface area contributed by atoms with Gasteiger partial charge in [-0.05, 0) is 0 Å². The van der Waals surface area contributed by atoms with Crippen LogP contribution < -0.4 is 16.0 Å². The first-order valence-corrected chi connectivity index (χ1v) is 6.06. The van der Waals surface area contributed by atoms with Crippen LogP contribution >= 0.6 is 0 Å². The fourth-order valence-corrected chi connectivity index (χ4v) is 1.81. The first-order chi connectivity index (χ1) is 9.74. The molecule has 3 rings (SSSR count). The molecule has 0 radical (unpaired) electrons. The lowest BCUT2D eigenvalue weighted by Gasteiger charge is -2.17. The summed E-state index contributed by atoms with van der Waals surface area (Å²) in [5.41, 5.74) is 1.53. The van der Waals surface area contributed by atoms with Gasteiger partial charge in [0.05, 0.1) is 25.0 Å². The van der Waals surface area contributed by atoms with E-state index >= 15 is 0 Å². The van der Waals surface area contributed by atoms with Gasteiger partial charge in [-0.1, -0.05) is 0 Å². The number of fused-ring (bicyclic) bond motifs is 1. The van der Waals surface area contributed by atoms with E-state index in [1.54, 1.807) is 23.3 Å². The van der Waals surface area contributed by atoms with Crippen LogP contribution in [0.3, 0.4) is 0 Å². The summed E-state index contributed by atoms with van der Waals surface area (Å²) in [6.07, 6.45) is 4.99. The quantitative estimate of drug-likeness (QED) is 0.626. The maximum Gasteiger partial charge on any atom is 0.320 e. The summed E-state index contributed by atoms with van der Waals surface area (Å²) >= 11 is 0. The van der Waals surface area contributed by atoms with E-state index in [2.05, 4.69) is 31.0 Å². The molecule has 0 bridgehead atoms. The number of aliphatic hydroxyl groups is 1. The first kappa shape index (κ1) is 12.4. The van der Waals surface area contributed by atoms with E-state index in [0.717, 1.165) is 5.56 Å². The van der Waals surface area contributed by atoms with Crippen LogP contribution in [0.25, 0.3) is 0 Å². The van der Waals surface area contributed by atoms with Gasteiger partial charge in [0.2, 0.25) is 5.95 Å². The van der Waals surface area contributed by atoms with E-state index in [0.29, 0.717) is 30.5 Å². The Kier molecular flexibility index (Phi) is 3.17. The summed E-state index contributed by atoms with van der Waals surface area (Å²) in [7, 11) is 0. The van der Waals surface area contributed by atoms with Crippen molar-refractivity contribution < 1.29 is 9.90 Å². The summed E-state index contributed by atoms with van der Waals surface area (Å²) < 4.78 is 1.60. The number of aromatic nitrogens is 4. The number of hydrogen-bond acceptors (Lipinski definition) is 6. The SMILES string of the molecule is O=C1NCc2cnc(Nc3cnn(CCO)c3)nc2N1. The normalized spacial score (nSPS) is 13.3. The smallest absolute Gasteiger partial charge is 0.320 e. The van der Waals surface area contributed by atoms with E-state index in [9.17, 15) is 4.79 Å². The Morgan fingerprint density at radius 3 is 3.20 bits per heavy atom. The number of urea groups is 1. The molecule has 0 unspecified atom stereocenters. The molecule has 9 nitrogen and oxygen atoms in total. The number of aliphatic hydroxyl groups excluding tert-OH is 1. The molecule has 2 aromatic heterocycles. The molecular weight excluding hydrogens is 262 g/mol. The Bertz CT molecular complexity index is 639. The highest BCUT2D eigenvalue weighted by molar-refractivity contribution is 5.91. The predicted molar refractivity (Wildman–Crippen MR) is 70.5 cm³/mol. The molecule has 0 aliphatic carbocycles. The molecular formula is C11H13N7O2. The van der Waals surface area contributed by atoms with Gasteiger partial charge in [0, 0.05) is 24.5 Å². The van der Waals surface area contributed by atoms with E-state index in [-0.39, 0.29) is 12.6 Å². The minimum absolute atomic E-state index is 0.0233. The van der Waals surface area contributed by atoms with Gasteiger partial charge in [0.25, 0.3) is 0 Å². The number of rotatable bonds is 4. The number of carbonyl (C=O) groups is 1. The summed E-state index contributed by atoms with van der Waals surface area (Å²) in [6.45, 7) is 0.861. The third-order valence-electron chi connectivity index (χ3n) is 2.75. The number of nitrogens with zero attached hydrogens (tertiary/aromatic N) is 4. The minimum atomic E-state index is -0.280. The van der Waals surface area contributed by atoms with Crippen LogP contribution in [0.15, 0.2) is 18.6 Å². The van der Waals surface area contributed by atoms with Crippen molar-refractivity contribution in [3.05, 3.63) is 24.2 Å². The van der Waals surface area contributed by atoms with Crippen LogP contribution in [0.5, 0.6) is 0 Å².